The molecule has 2 bridgehead atoms. The highest BCUT2D eigenvalue weighted by Crippen LogP contribution is 2.37. The number of anilines is 2. The Labute approximate surface area is 264 Å². The second-order valence-corrected chi connectivity index (χ2v) is 10.9. The van der Waals surface area contributed by atoms with E-state index in [1.807, 2.05) is 31.3 Å². The normalized spacial score (nSPS) is 16.6. The molecule has 2 aromatic heterocycles. The molecule has 14 heteroatoms. The lowest BCUT2D eigenvalue weighted by atomic mass is 9.97. The van der Waals surface area contributed by atoms with Crippen LogP contribution in [-0.2, 0) is 14.3 Å². The SMILES string of the molecule is CCOC(=O)[C@@H]1CCCCC(NC(=O)/C=C/c2cc(Cl)ccc2-n2cnnn2)c2cc(c(Cl)nn2)-c2ccc(NC)cc2N1. The molecule has 2 atom stereocenters. The molecule has 0 saturated carbocycles. The van der Waals surface area contributed by atoms with Crippen LogP contribution < -0.4 is 16.0 Å². The highest BCUT2D eigenvalue weighted by Gasteiger charge is 2.25. The summed E-state index contributed by atoms with van der Waals surface area (Å²) in [5, 5.41) is 30.2. The molecular weight excluding hydrogens is 605 g/mol. The van der Waals surface area contributed by atoms with Crippen molar-refractivity contribution in [3.8, 4) is 16.8 Å². The minimum Gasteiger partial charge on any atom is -0.464 e. The van der Waals surface area contributed by atoms with E-state index in [4.69, 9.17) is 27.9 Å². The van der Waals surface area contributed by atoms with Gasteiger partial charge in [-0.2, -0.15) is 9.78 Å². The zero-order chi connectivity index (χ0) is 31.1. The van der Waals surface area contributed by atoms with Crippen molar-refractivity contribution in [3.63, 3.8) is 0 Å². The number of carbonyl (C=O) groups is 2. The molecule has 0 radical (unpaired) electrons. The summed E-state index contributed by atoms with van der Waals surface area (Å²) in [7, 11) is 1.82. The van der Waals surface area contributed by atoms with Gasteiger partial charge in [0, 0.05) is 46.2 Å². The first-order chi connectivity index (χ1) is 21.4. The second kappa shape index (κ2) is 14.3. The van der Waals surface area contributed by atoms with Gasteiger partial charge in [0.1, 0.15) is 12.4 Å². The van der Waals surface area contributed by atoms with E-state index in [1.54, 1.807) is 31.2 Å². The van der Waals surface area contributed by atoms with Gasteiger partial charge in [-0.15, -0.1) is 10.2 Å². The average Bonchev–Trinajstić information content (AvgIpc) is 3.56. The number of nitrogens with zero attached hydrogens (tertiary/aromatic N) is 6. The van der Waals surface area contributed by atoms with Gasteiger partial charge in [0.05, 0.1) is 24.0 Å². The first-order valence-corrected chi connectivity index (χ1v) is 14.9. The maximum atomic E-state index is 13.3. The average molecular weight is 637 g/mol. The smallest absolute Gasteiger partial charge is 0.328 e. The zero-order valence-electron chi connectivity index (χ0n) is 24.1. The number of rotatable bonds is 7. The van der Waals surface area contributed by atoms with Gasteiger partial charge in [-0.3, -0.25) is 4.79 Å². The first-order valence-electron chi connectivity index (χ1n) is 14.2. The molecular formula is C30H31Cl2N9O3. The number of carbonyl (C=O) groups excluding carboxylic acids is 2. The summed E-state index contributed by atoms with van der Waals surface area (Å²) >= 11 is 12.8. The molecule has 0 fully saturated rings. The predicted molar refractivity (Wildman–Crippen MR) is 169 cm³/mol. The van der Waals surface area contributed by atoms with Crippen molar-refractivity contribution in [1.82, 2.24) is 35.7 Å². The van der Waals surface area contributed by atoms with Gasteiger partial charge in [-0.1, -0.05) is 42.1 Å². The Morgan fingerprint density at radius 3 is 2.70 bits per heavy atom. The Morgan fingerprint density at radius 1 is 1.09 bits per heavy atom. The third-order valence-electron chi connectivity index (χ3n) is 7.18. The Hall–Kier alpha value is -4.55. The molecule has 12 nitrogen and oxygen atoms in total. The van der Waals surface area contributed by atoms with E-state index < -0.39 is 12.1 Å². The molecule has 0 aliphatic carbocycles. The fourth-order valence-electron chi connectivity index (χ4n) is 5.00. The van der Waals surface area contributed by atoms with E-state index >= 15 is 0 Å². The van der Waals surface area contributed by atoms with Gasteiger partial charge in [0.2, 0.25) is 5.91 Å². The van der Waals surface area contributed by atoms with Crippen LogP contribution in [0.5, 0.6) is 0 Å². The lowest BCUT2D eigenvalue weighted by molar-refractivity contribution is -0.144. The number of nitrogens with one attached hydrogen (secondary N) is 3. The Bertz CT molecular complexity index is 1660. The highest BCUT2D eigenvalue weighted by molar-refractivity contribution is 6.32. The third kappa shape index (κ3) is 7.32. The van der Waals surface area contributed by atoms with Crippen LogP contribution in [0.25, 0.3) is 22.9 Å². The van der Waals surface area contributed by atoms with Gasteiger partial charge < -0.3 is 20.7 Å². The van der Waals surface area contributed by atoms with Gasteiger partial charge in [-0.05, 0) is 72.7 Å². The van der Waals surface area contributed by atoms with Crippen molar-refractivity contribution in [3.05, 3.63) is 76.3 Å². The molecule has 1 unspecified atom stereocenters. The summed E-state index contributed by atoms with van der Waals surface area (Å²) in [4.78, 5) is 26.2. The number of hydrogen-bond donors (Lipinski definition) is 3. The lowest BCUT2D eigenvalue weighted by Gasteiger charge is -2.24. The minimum absolute atomic E-state index is 0.194. The van der Waals surface area contributed by atoms with E-state index in [-0.39, 0.29) is 23.6 Å². The Balaban J connectivity index is 1.46. The van der Waals surface area contributed by atoms with Crippen LogP contribution >= 0.6 is 23.2 Å². The molecule has 3 heterocycles. The predicted octanol–water partition coefficient (Wildman–Crippen LogP) is 5.26. The number of esters is 1. The number of tetrazole rings is 1. The number of halogens is 2. The monoisotopic (exact) mass is 635 g/mol. The van der Waals surface area contributed by atoms with Crippen LogP contribution in [0.1, 0.15) is 49.9 Å². The van der Waals surface area contributed by atoms with Crippen LogP contribution in [0, 0.1) is 0 Å². The van der Waals surface area contributed by atoms with Crippen molar-refractivity contribution in [1.29, 1.82) is 0 Å². The van der Waals surface area contributed by atoms with Crippen molar-refractivity contribution in [2.75, 3.05) is 24.3 Å². The lowest BCUT2D eigenvalue weighted by Crippen LogP contribution is -2.32. The molecule has 1 aliphatic heterocycles. The number of benzene rings is 2. The van der Waals surface area contributed by atoms with E-state index in [0.29, 0.717) is 58.9 Å². The largest absolute Gasteiger partial charge is 0.464 e. The second-order valence-electron chi connectivity index (χ2n) is 10.1. The molecule has 2 aromatic carbocycles. The maximum Gasteiger partial charge on any atom is 0.328 e. The van der Waals surface area contributed by atoms with E-state index in [2.05, 4.69) is 41.7 Å². The van der Waals surface area contributed by atoms with Crippen molar-refractivity contribution in [2.24, 2.45) is 0 Å². The number of amides is 1. The highest BCUT2D eigenvalue weighted by atomic mass is 35.5. The standard InChI is InChI=1S/C30H31Cl2N9O3/c1-3-44-30(43)24-7-5-4-6-23(26-16-22(29(32)38-37-26)21-11-10-20(33-2)15-25(21)35-24)36-28(42)13-8-18-14-19(31)9-12-27(18)41-17-34-39-40-41/h8-17,23-24,33,35H,3-7H2,1-2H3,(H,36,42)/b13-8+/t23?,24-/m0/s1. The molecule has 0 saturated heterocycles. The number of hydrogen-bond acceptors (Lipinski definition) is 10. The molecule has 228 valence electrons. The summed E-state index contributed by atoms with van der Waals surface area (Å²) in [6, 6.07) is 11.7. The molecule has 4 aromatic rings. The maximum absolute atomic E-state index is 13.3. The van der Waals surface area contributed by atoms with Gasteiger partial charge in [0.15, 0.2) is 5.15 Å². The number of fused-ring (bicyclic) bond motifs is 4. The molecule has 1 aliphatic rings. The summed E-state index contributed by atoms with van der Waals surface area (Å²) in [6.07, 6.45) is 7.03. The van der Waals surface area contributed by atoms with Crippen molar-refractivity contribution >= 4 is 52.5 Å². The number of ether oxygens (including phenoxy) is 1. The van der Waals surface area contributed by atoms with Crippen LogP contribution in [0.3, 0.4) is 0 Å². The van der Waals surface area contributed by atoms with Crippen molar-refractivity contribution < 1.29 is 14.3 Å². The van der Waals surface area contributed by atoms with Crippen LogP contribution in [0.2, 0.25) is 10.2 Å². The van der Waals surface area contributed by atoms with E-state index in [9.17, 15) is 9.59 Å². The van der Waals surface area contributed by atoms with Gasteiger partial charge in [0.25, 0.3) is 0 Å². The topological polar surface area (TPSA) is 149 Å². The van der Waals surface area contributed by atoms with Crippen LogP contribution in [0.4, 0.5) is 11.4 Å². The van der Waals surface area contributed by atoms with Crippen LogP contribution in [-0.4, -0.2) is 62.0 Å². The first kappa shape index (κ1) is 30.9. The summed E-state index contributed by atoms with van der Waals surface area (Å²) in [5.41, 5.74) is 4.78. The molecule has 5 rings (SSSR count). The van der Waals surface area contributed by atoms with Crippen LogP contribution in [0.15, 0.2) is 54.9 Å². The van der Waals surface area contributed by atoms with E-state index in [0.717, 1.165) is 11.3 Å². The van der Waals surface area contributed by atoms with Gasteiger partial charge >= 0.3 is 5.97 Å². The van der Waals surface area contributed by atoms with Crippen molar-refractivity contribution in [2.45, 2.75) is 44.7 Å². The zero-order valence-corrected chi connectivity index (χ0v) is 25.6. The molecule has 1 amide bonds. The fourth-order valence-corrected chi connectivity index (χ4v) is 5.37. The third-order valence-corrected chi connectivity index (χ3v) is 7.69. The summed E-state index contributed by atoms with van der Waals surface area (Å²) < 4.78 is 6.86. The fraction of sp³-hybridized carbons (Fsp3) is 0.300. The summed E-state index contributed by atoms with van der Waals surface area (Å²) in [6.45, 7) is 2.06. The summed E-state index contributed by atoms with van der Waals surface area (Å²) in [5.74, 6) is -0.671. The molecule has 44 heavy (non-hydrogen) atoms. The van der Waals surface area contributed by atoms with Gasteiger partial charge in [-0.25, -0.2) is 4.79 Å². The number of aromatic nitrogens is 6. The quantitative estimate of drug-likeness (QED) is 0.181. The molecule has 0 spiro atoms. The molecule has 3 N–H and O–H groups in total. The minimum atomic E-state index is -0.573. The Morgan fingerprint density at radius 2 is 1.93 bits per heavy atom. The Kier molecular flexibility index (Phi) is 10.0. The van der Waals surface area contributed by atoms with E-state index in [1.165, 1.54) is 17.1 Å².